The van der Waals surface area contributed by atoms with Crippen LogP contribution < -0.4 is 10.1 Å². The second-order valence-electron chi connectivity index (χ2n) is 4.85. The standard InChI is InChI=1S/C17H20ClNO2/c1-2-13-6-8-15(9-7-13)19-11-16(20)12-21-17-5-3-4-14(18)10-17/h3-10,16,19-20H,2,11-12H2,1H3. The van der Waals surface area contributed by atoms with E-state index in [0.29, 0.717) is 17.3 Å². The Balaban J connectivity index is 1.75. The molecule has 2 aromatic carbocycles. The molecule has 0 fully saturated rings. The first-order chi connectivity index (χ1) is 10.2. The number of nitrogens with one attached hydrogen (secondary N) is 1. The Morgan fingerprint density at radius 1 is 1.19 bits per heavy atom. The molecule has 0 aromatic heterocycles. The van der Waals surface area contributed by atoms with E-state index in [4.69, 9.17) is 16.3 Å². The molecule has 0 spiro atoms. The fraction of sp³-hybridized carbons (Fsp3) is 0.294. The predicted molar refractivity (Wildman–Crippen MR) is 87.3 cm³/mol. The van der Waals surface area contributed by atoms with E-state index in [2.05, 4.69) is 24.4 Å². The number of hydrogen-bond acceptors (Lipinski definition) is 3. The smallest absolute Gasteiger partial charge is 0.120 e. The lowest BCUT2D eigenvalue weighted by Crippen LogP contribution is -2.26. The highest BCUT2D eigenvalue weighted by molar-refractivity contribution is 6.30. The molecule has 1 unspecified atom stereocenters. The fourth-order valence-electron chi connectivity index (χ4n) is 1.90. The van der Waals surface area contributed by atoms with Crippen molar-refractivity contribution in [2.24, 2.45) is 0 Å². The summed E-state index contributed by atoms with van der Waals surface area (Å²) in [5.74, 6) is 0.661. The summed E-state index contributed by atoms with van der Waals surface area (Å²) in [5.41, 5.74) is 2.29. The molecule has 21 heavy (non-hydrogen) atoms. The maximum absolute atomic E-state index is 9.92. The zero-order chi connectivity index (χ0) is 15.1. The van der Waals surface area contributed by atoms with Crippen molar-refractivity contribution in [3.05, 3.63) is 59.1 Å². The molecule has 2 rings (SSSR count). The number of benzene rings is 2. The van der Waals surface area contributed by atoms with Crippen LogP contribution in [0.1, 0.15) is 12.5 Å². The monoisotopic (exact) mass is 305 g/mol. The van der Waals surface area contributed by atoms with Crippen LogP contribution in [0.2, 0.25) is 5.02 Å². The van der Waals surface area contributed by atoms with Gasteiger partial charge in [0.05, 0.1) is 0 Å². The number of halogens is 1. The van der Waals surface area contributed by atoms with Crippen LogP contribution >= 0.6 is 11.6 Å². The molecule has 0 bridgehead atoms. The van der Waals surface area contributed by atoms with Gasteiger partial charge < -0.3 is 15.2 Å². The third kappa shape index (κ3) is 5.29. The Morgan fingerprint density at radius 3 is 2.62 bits per heavy atom. The van der Waals surface area contributed by atoms with E-state index in [1.807, 2.05) is 24.3 Å². The second-order valence-corrected chi connectivity index (χ2v) is 5.29. The van der Waals surface area contributed by atoms with Crippen LogP contribution in [0.15, 0.2) is 48.5 Å². The summed E-state index contributed by atoms with van der Waals surface area (Å²) in [6, 6.07) is 15.3. The second kappa shape index (κ2) is 7.91. The van der Waals surface area contributed by atoms with Crippen molar-refractivity contribution >= 4 is 17.3 Å². The average molecular weight is 306 g/mol. The molecule has 0 radical (unpaired) electrons. The van der Waals surface area contributed by atoms with Gasteiger partial charge in [0.15, 0.2) is 0 Å². The molecule has 0 saturated carbocycles. The zero-order valence-corrected chi connectivity index (χ0v) is 12.8. The van der Waals surface area contributed by atoms with E-state index < -0.39 is 6.10 Å². The van der Waals surface area contributed by atoms with Crippen LogP contribution in [0.25, 0.3) is 0 Å². The van der Waals surface area contributed by atoms with E-state index in [0.717, 1.165) is 12.1 Å². The number of ether oxygens (including phenoxy) is 1. The van der Waals surface area contributed by atoms with Crippen molar-refractivity contribution in [3.63, 3.8) is 0 Å². The summed E-state index contributed by atoms with van der Waals surface area (Å²) in [4.78, 5) is 0. The molecule has 2 N–H and O–H groups in total. The fourth-order valence-corrected chi connectivity index (χ4v) is 2.08. The Bertz CT molecular complexity index is 557. The van der Waals surface area contributed by atoms with Gasteiger partial charge in [-0.1, -0.05) is 36.7 Å². The van der Waals surface area contributed by atoms with Crippen molar-refractivity contribution in [2.75, 3.05) is 18.5 Å². The average Bonchev–Trinajstić information content (AvgIpc) is 2.51. The van der Waals surface area contributed by atoms with Gasteiger partial charge in [-0.05, 0) is 42.3 Å². The first kappa shape index (κ1) is 15.7. The van der Waals surface area contributed by atoms with E-state index in [9.17, 15) is 5.11 Å². The molecule has 4 heteroatoms. The van der Waals surface area contributed by atoms with Crippen molar-refractivity contribution in [1.82, 2.24) is 0 Å². The minimum absolute atomic E-state index is 0.223. The van der Waals surface area contributed by atoms with Gasteiger partial charge in [0.1, 0.15) is 18.5 Å². The van der Waals surface area contributed by atoms with Gasteiger partial charge in [0.25, 0.3) is 0 Å². The molecule has 1 atom stereocenters. The number of anilines is 1. The molecule has 0 aliphatic heterocycles. The van der Waals surface area contributed by atoms with Gasteiger partial charge in [0.2, 0.25) is 0 Å². The van der Waals surface area contributed by atoms with Crippen LogP contribution in [0.3, 0.4) is 0 Å². The molecule has 2 aromatic rings. The highest BCUT2D eigenvalue weighted by atomic mass is 35.5. The molecule has 0 aliphatic rings. The van der Waals surface area contributed by atoms with Crippen LogP contribution in [0.5, 0.6) is 5.75 Å². The molecule has 0 saturated heterocycles. The molecule has 0 heterocycles. The third-order valence-corrected chi connectivity index (χ3v) is 3.38. The highest BCUT2D eigenvalue weighted by Gasteiger charge is 2.05. The minimum Gasteiger partial charge on any atom is -0.491 e. The van der Waals surface area contributed by atoms with Crippen LogP contribution in [0.4, 0.5) is 5.69 Å². The summed E-state index contributed by atoms with van der Waals surface area (Å²) >= 11 is 5.87. The highest BCUT2D eigenvalue weighted by Crippen LogP contribution is 2.17. The normalized spacial score (nSPS) is 12.0. The van der Waals surface area contributed by atoms with E-state index in [1.165, 1.54) is 5.56 Å². The molecule has 0 aliphatic carbocycles. The first-order valence-electron chi connectivity index (χ1n) is 7.06. The first-order valence-corrected chi connectivity index (χ1v) is 7.44. The largest absolute Gasteiger partial charge is 0.491 e. The van der Waals surface area contributed by atoms with Crippen LogP contribution in [-0.2, 0) is 6.42 Å². The van der Waals surface area contributed by atoms with Gasteiger partial charge in [-0.15, -0.1) is 0 Å². The van der Waals surface area contributed by atoms with Crippen molar-refractivity contribution in [1.29, 1.82) is 0 Å². The Kier molecular flexibility index (Phi) is 5.90. The molecule has 112 valence electrons. The Labute approximate surface area is 130 Å². The van der Waals surface area contributed by atoms with Gasteiger partial charge in [-0.25, -0.2) is 0 Å². The SMILES string of the molecule is CCc1ccc(NCC(O)COc2cccc(Cl)c2)cc1. The summed E-state index contributed by atoms with van der Waals surface area (Å²) in [7, 11) is 0. The third-order valence-electron chi connectivity index (χ3n) is 3.14. The summed E-state index contributed by atoms with van der Waals surface area (Å²) in [6.07, 6.45) is 0.436. The maximum atomic E-state index is 9.92. The molecule has 3 nitrogen and oxygen atoms in total. The Morgan fingerprint density at radius 2 is 1.95 bits per heavy atom. The topological polar surface area (TPSA) is 41.5 Å². The number of aliphatic hydroxyl groups excluding tert-OH is 1. The van der Waals surface area contributed by atoms with Gasteiger partial charge in [-0.3, -0.25) is 0 Å². The van der Waals surface area contributed by atoms with Crippen molar-refractivity contribution < 1.29 is 9.84 Å². The summed E-state index contributed by atoms with van der Waals surface area (Å²) < 4.78 is 5.50. The van der Waals surface area contributed by atoms with Crippen molar-refractivity contribution in [3.8, 4) is 5.75 Å². The number of hydrogen-bond donors (Lipinski definition) is 2. The number of aliphatic hydroxyl groups is 1. The maximum Gasteiger partial charge on any atom is 0.120 e. The lowest BCUT2D eigenvalue weighted by molar-refractivity contribution is 0.117. The Hall–Kier alpha value is -1.71. The summed E-state index contributed by atoms with van der Waals surface area (Å²) in [5, 5.41) is 13.7. The van der Waals surface area contributed by atoms with E-state index in [-0.39, 0.29) is 6.61 Å². The zero-order valence-electron chi connectivity index (χ0n) is 12.1. The number of aryl methyl sites for hydroxylation is 1. The summed E-state index contributed by atoms with van der Waals surface area (Å²) in [6.45, 7) is 2.78. The lowest BCUT2D eigenvalue weighted by Gasteiger charge is -2.14. The van der Waals surface area contributed by atoms with E-state index >= 15 is 0 Å². The van der Waals surface area contributed by atoms with Crippen molar-refractivity contribution in [2.45, 2.75) is 19.4 Å². The molecular formula is C17H20ClNO2. The van der Waals surface area contributed by atoms with Gasteiger partial charge in [0, 0.05) is 17.3 Å². The van der Waals surface area contributed by atoms with Gasteiger partial charge in [-0.2, -0.15) is 0 Å². The molecule has 0 amide bonds. The predicted octanol–water partition coefficient (Wildman–Crippen LogP) is 3.75. The molecular weight excluding hydrogens is 286 g/mol. The van der Waals surface area contributed by atoms with Gasteiger partial charge >= 0.3 is 0 Å². The number of rotatable bonds is 7. The quantitative estimate of drug-likeness (QED) is 0.818. The van der Waals surface area contributed by atoms with Crippen LogP contribution in [-0.4, -0.2) is 24.4 Å². The minimum atomic E-state index is -0.588. The van der Waals surface area contributed by atoms with Crippen LogP contribution in [0, 0.1) is 0 Å². The van der Waals surface area contributed by atoms with E-state index in [1.54, 1.807) is 12.1 Å². The lowest BCUT2D eigenvalue weighted by atomic mass is 10.1.